The van der Waals surface area contributed by atoms with Crippen molar-refractivity contribution >= 4 is 21.7 Å². The lowest BCUT2D eigenvalue weighted by atomic mass is 9.89. The number of piperidine rings is 1. The number of carboxylic acid groups (broad SMARTS) is 1. The number of likely N-dealkylation sites (tertiary alicyclic amines) is 1. The number of benzene rings is 1. The summed E-state index contributed by atoms with van der Waals surface area (Å²) in [4.78, 5) is 25.1. The lowest BCUT2D eigenvalue weighted by Crippen LogP contribution is -2.38. The molecular weight excluding hydrogens is 366 g/mol. The second-order valence-electron chi connectivity index (χ2n) is 7.33. The van der Waals surface area contributed by atoms with Crippen LogP contribution >= 0.6 is 0 Å². The molecule has 1 fully saturated rings. The van der Waals surface area contributed by atoms with Gasteiger partial charge in [-0.25, -0.2) is 8.42 Å². The first kappa shape index (κ1) is 21.4. The standard InChI is InChI=1S/C20H29NO5S/c1-2-19(22)21-12-10-16(11-13-21)8-9-18(20(23)24)15-27(25,26)14-17-6-4-3-5-7-17/h3-7,16,18H,2,8-15H2,1H3,(H,23,24)/t18-/m0/s1. The number of amides is 1. The maximum absolute atomic E-state index is 12.4. The van der Waals surface area contributed by atoms with Gasteiger partial charge in [-0.15, -0.1) is 0 Å². The lowest BCUT2D eigenvalue weighted by Gasteiger charge is -2.32. The molecule has 1 amide bonds. The van der Waals surface area contributed by atoms with Gasteiger partial charge in [0.05, 0.1) is 17.4 Å². The number of carbonyl (C=O) groups is 2. The maximum atomic E-state index is 12.4. The van der Waals surface area contributed by atoms with Gasteiger partial charge in [0, 0.05) is 19.5 Å². The zero-order valence-corrected chi connectivity index (χ0v) is 16.7. The minimum absolute atomic E-state index is 0.130. The van der Waals surface area contributed by atoms with Gasteiger partial charge >= 0.3 is 5.97 Å². The van der Waals surface area contributed by atoms with Crippen LogP contribution in [0.15, 0.2) is 30.3 Å². The molecule has 1 N–H and O–H groups in total. The molecule has 0 aliphatic carbocycles. The van der Waals surface area contributed by atoms with Gasteiger partial charge in [0.1, 0.15) is 0 Å². The molecule has 1 aliphatic rings. The first-order valence-corrected chi connectivity index (χ1v) is 11.4. The quantitative estimate of drug-likeness (QED) is 0.694. The van der Waals surface area contributed by atoms with Crippen LogP contribution in [0.2, 0.25) is 0 Å². The van der Waals surface area contributed by atoms with Gasteiger partial charge in [-0.2, -0.15) is 0 Å². The summed E-state index contributed by atoms with van der Waals surface area (Å²) in [5, 5.41) is 9.46. The van der Waals surface area contributed by atoms with Crippen LogP contribution < -0.4 is 0 Å². The Balaban J connectivity index is 1.85. The molecule has 1 aromatic rings. The van der Waals surface area contributed by atoms with E-state index in [-0.39, 0.29) is 17.4 Å². The summed E-state index contributed by atoms with van der Waals surface area (Å²) in [5.74, 6) is -1.88. The van der Waals surface area contributed by atoms with Crippen LogP contribution in [0.4, 0.5) is 0 Å². The first-order chi connectivity index (χ1) is 12.8. The van der Waals surface area contributed by atoms with Crippen molar-refractivity contribution in [1.29, 1.82) is 0 Å². The van der Waals surface area contributed by atoms with Crippen LogP contribution in [0, 0.1) is 11.8 Å². The third-order valence-electron chi connectivity index (χ3n) is 5.23. The lowest BCUT2D eigenvalue weighted by molar-refractivity contribution is -0.141. The molecule has 1 saturated heterocycles. The average Bonchev–Trinajstić information content (AvgIpc) is 2.65. The summed E-state index contributed by atoms with van der Waals surface area (Å²) < 4.78 is 24.8. The highest BCUT2D eigenvalue weighted by atomic mass is 32.2. The smallest absolute Gasteiger partial charge is 0.307 e. The fourth-order valence-electron chi connectivity index (χ4n) is 3.60. The van der Waals surface area contributed by atoms with Gasteiger partial charge < -0.3 is 10.0 Å². The Morgan fingerprint density at radius 2 is 1.81 bits per heavy atom. The molecule has 7 heteroatoms. The van der Waals surface area contributed by atoms with Crippen LogP contribution in [-0.4, -0.2) is 49.1 Å². The summed E-state index contributed by atoms with van der Waals surface area (Å²) in [6.45, 7) is 3.27. The second-order valence-corrected chi connectivity index (χ2v) is 9.44. The second kappa shape index (κ2) is 9.88. The molecule has 2 rings (SSSR count). The molecule has 1 atom stereocenters. The van der Waals surface area contributed by atoms with Crippen molar-refractivity contribution in [3.05, 3.63) is 35.9 Å². The van der Waals surface area contributed by atoms with Crippen LogP contribution in [0.25, 0.3) is 0 Å². The minimum atomic E-state index is -3.49. The van der Waals surface area contributed by atoms with Crippen molar-refractivity contribution in [2.75, 3.05) is 18.8 Å². The molecule has 0 spiro atoms. The largest absolute Gasteiger partial charge is 0.481 e. The number of aliphatic carboxylic acids is 1. The highest BCUT2D eigenvalue weighted by molar-refractivity contribution is 7.90. The minimum Gasteiger partial charge on any atom is -0.481 e. The first-order valence-electron chi connectivity index (χ1n) is 9.55. The Kier molecular flexibility index (Phi) is 7.83. The summed E-state index contributed by atoms with van der Waals surface area (Å²) >= 11 is 0. The highest BCUT2D eigenvalue weighted by Crippen LogP contribution is 2.25. The van der Waals surface area contributed by atoms with Crippen LogP contribution in [0.1, 0.15) is 44.6 Å². The van der Waals surface area contributed by atoms with E-state index in [9.17, 15) is 23.1 Å². The van der Waals surface area contributed by atoms with E-state index in [1.54, 1.807) is 24.3 Å². The fraction of sp³-hybridized carbons (Fsp3) is 0.600. The molecule has 0 radical (unpaired) electrons. The number of hydrogen-bond donors (Lipinski definition) is 1. The molecular formula is C20H29NO5S. The maximum Gasteiger partial charge on any atom is 0.307 e. The fourth-order valence-corrected chi connectivity index (χ4v) is 5.34. The normalized spacial score (nSPS) is 16.9. The number of carboxylic acids is 1. The zero-order chi connectivity index (χ0) is 19.9. The third kappa shape index (κ3) is 6.97. The SMILES string of the molecule is CCC(=O)N1CCC(CC[C@@H](CS(=O)(=O)Cc2ccccc2)C(=O)O)CC1. The summed E-state index contributed by atoms with van der Waals surface area (Å²) in [6.07, 6.45) is 3.26. The Morgan fingerprint density at radius 3 is 2.37 bits per heavy atom. The zero-order valence-electron chi connectivity index (χ0n) is 15.8. The monoisotopic (exact) mass is 395 g/mol. The Labute approximate surface area is 161 Å². The van der Waals surface area contributed by atoms with E-state index in [1.165, 1.54) is 0 Å². The van der Waals surface area contributed by atoms with E-state index in [0.29, 0.717) is 43.8 Å². The average molecular weight is 396 g/mol. The predicted molar refractivity (Wildman–Crippen MR) is 104 cm³/mol. The van der Waals surface area contributed by atoms with Gasteiger partial charge in [0.2, 0.25) is 5.91 Å². The van der Waals surface area contributed by atoms with E-state index in [2.05, 4.69) is 0 Å². The molecule has 0 saturated carbocycles. The number of sulfone groups is 1. The number of hydrogen-bond acceptors (Lipinski definition) is 4. The molecule has 1 aromatic carbocycles. The predicted octanol–water partition coefficient (Wildman–Crippen LogP) is 2.73. The van der Waals surface area contributed by atoms with E-state index >= 15 is 0 Å². The van der Waals surface area contributed by atoms with E-state index in [4.69, 9.17) is 0 Å². The Morgan fingerprint density at radius 1 is 1.19 bits per heavy atom. The molecule has 27 heavy (non-hydrogen) atoms. The van der Waals surface area contributed by atoms with Gasteiger partial charge in [0.25, 0.3) is 0 Å². The number of nitrogens with zero attached hydrogens (tertiary/aromatic N) is 1. The molecule has 0 bridgehead atoms. The molecule has 0 aromatic heterocycles. The number of rotatable bonds is 9. The van der Waals surface area contributed by atoms with Crippen molar-refractivity contribution in [2.45, 2.75) is 44.8 Å². The van der Waals surface area contributed by atoms with Gasteiger partial charge in [-0.1, -0.05) is 37.3 Å². The Bertz CT molecular complexity index is 724. The van der Waals surface area contributed by atoms with Crippen molar-refractivity contribution < 1.29 is 23.1 Å². The Hall–Kier alpha value is -1.89. The van der Waals surface area contributed by atoms with Crippen molar-refractivity contribution in [3.8, 4) is 0 Å². The topological polar surface area (TPSA) is 91.8 Å². The molecule has 150 valence electrons. The van der Waals surface area contributed by atoms with Crippen molar-refractivity contribution in [3.63, 3.8) is 0 Å². The number of carbonyl (C=O) groups excluding carboxylic acids is 1. The van der Waals surface area contributed by atoms with Gasteiger partial charge in [-0.05, 0) is 37.2 Å². The van der Waals surface area contributed by atoms with E-state index in [1.807, 2.05) is 17.9 Å². The summed E-state index contributed by atoms with van der Waals surface area (Å²) in [6, 6.07) is 8.83. The van der Waals surface area contributed by atoms with E-state index < -0.39 is 21.7 Å². The van der Waals surface area contributed by atoms with Crippen LogP contribution in [-0.2, 0) is 25.2 Å². The van der Waals surface area contributed by atoms with Gasteiger partial charge in [0.15, 0.2) is 9.84 Å². The molecule has 1 heterocycles. The van der Waals surface area contributed by atoms with Crippen molar-refractivity contribution in [2.24, 2.45) is 11.8 Å². The highest BCUT2D eigenvalue weighted by Gasteiger charge is 2.28. The molecule has 1 aliphatic heterocycles. The molecule has 0 unspecified atom stereocenters. The molecule has 6 nitrogen and oxygen atoms in total. The van der Waals surface area contributed by atoms with Crippen molar-refractivity contribution in [1.82, 2.24) is 4.90 Å². The van der Waals surface area contributed by atoms with Crippen LogP contribution in [0.3, 0.4) is 0 Å². The van der Waals surface area contributed by atoms with Crippen LogP contribution in [0.5, 0.6) is 0 Å². The van der Waals surface area contributed by atoms with E-state index in [0.717, 1.165) is 12.8 Å². The third-order valence-corrected chi connectivity index (χ3v) is 6.91. The summed E-state index contributed by atoms with van der Waals surface area (Å²) in [5.41, 5.74) is 0.676. The summed E-state index contributed by atoms with van der Waals surface area (Å²) in [7, 11) is -3.49. The van der Waals surface area contributed by atoms with Gasteiger partial charge in [-0.3, -0.25) is 9.59 Å².